The van der Waals surface area contributed by atoms with E-state index < -0.39 is 22.0 Å². The van der Waals surface area contributed by atoms with E-state index in [0.717, 1.165) is 16.7 Å². The number of nitro benzene ring substituents is 1. The maximum Gasteiger partial charge on any atom is 0.293 e. The SMILES string of the molecule is COc1cc(/C=C2\SC(=O)N(Cc3ccccc3[N+](=O)[O-])C2=O)cc(Br)c1OCC(=O)Nc1ccccc1Cl. The van der Waals surface area contributed by atoms with Gasteiger partial charge in [-0.2, -0.15) is 0 Å². The molecule has 3 amide bonds. The van der Waals surface area contributed by atoms with Crippen LogP contribution in [0, 0.1) is 10.1 Å². The molecule has 13 heteroatoms. The highest BCUT2D eigenvalue weighted by atomic mass is 79.9. The number of carbonyl (C=O) groups excluding carboxylic acids is 3. The van der Waals surface area contributed by atoms with Gasteiger partial charge in [0.25, 0.3) is 22.7 Å². The van der Waals surface area contributed by atoms with Crippen LogP contribution in [0.5, 0.6) is 11.5 Å². The van der Waals surface area contributed by atoms with E-state index >= 15 is 0 Å². The molecule has 0 atom stereocenters. The quantitative estimate of drug-likeness (QED) is 0.166. The number of ether oxygens (including phenoxy) is 2. The Labute approximate surface area is 240 Å². The van der Waals surface area contributed by atoms with E-state index in [1.807, 2.05) is 0 Å². The van der Waals surface area contributed by atoms with E-state index in [-0.39, 0.29) is 40.8 Å². The van der Waals surface area contributed by atoms with Crippen molar-refractivity contribution in [2.24, 2.45) is 0 Å². The lowest BCUT2D eigenvalue weighted by atomic mass is 10.1. The lowest BCUT2D eigenvalue weighted by Crippen LogP contribution is -2.27. The smallest absolute Gasteiger partial charge is 0.293 e. The summed E-state index contributed by atoms with van der Waals surface area (Å²) in [5, 5.41) is 13.8. The maximum atomic E-state index is 13.0. The first-order valence-corrected chi connectivity index (χ1v) is 13.2. The zero-order chi connectivity index (χ0) is 28.1. The Balaban J connectivity index is 1.49. The number of para-hydroxylation sites is 2. The van der Waals surface area contributed by atoms with Crippen molar-refractivity contribution in [3.05, 3.63) is 96.3 Å². The second-order valence-electron chi connectivity index (χ2n) is 8.00. The van der Waals surface area contributed by atoms with Crippen LogP contribution in [-0.4, -0.2) is 40.6 Å². The van der Waals surface area contributed by atoms with Gasteiger partial charge in [-0.25, -0.2) is 0 Å². The Morgan fingerprint density at radius 2 is 1.90 bits per heavy atom. The number of halogens is 2. The van der Waals surface area contributed by atoms with Crippen LogP contribution in [0.4, 0.5) is 16.2 Å². The molecule has 0 unspecified atom stereocenters. The van der Waals surface area contributed by atoms with Crippen molar-refractivity contribution >= 4 is 73.8 Å². The van der Waals surface area contributed by atoms with Crippen molar-refractivity contribution < 1.29 is 28.8 Å². The lowest BCUT2D eigenvalue weighted by Gasteiger charge is -2.14. The van der Waals surface area contributed by atoms with Gasteiger partial charge in [0.15, 0.2) is 18.1 Å². The van der Waals surface area contributed by atoms with Gasteiger partial charge in [-0.1, -0.05) is 41.9 Å². The number of rotatable bonds is 9. The third-order valence-electron chi connectivity index (χ3n) is 5.44. The van der Waals surface area contributed by atoms with E-state index in [2.05, 4.69) is 21.2 Å². The van der Waals surface area contributed by atoms with E-state index in [0.29, 0.717) is 20.7 Å². The molecule has 1 saturated heterocycles. The zero-order valence-corrected chi connectivity index (χ0v) is 23.3. The van der Waals surface area contributed by atoms with Gasteiger partial charge >= 0.3 is 0 Å². The molecule has 3 aromatic rings. The van der Waals surface area contributed by atoms with Crippen LogP contribution in [0.2, 0.25) is 5.02 Å². The molecule has 1 heterocycles. The van der Waals surface area contributed by atoms with E-state index in [1.54, 1.807) is 42.5 Å². The monoisotopic (exact) mass is 631 g/mol. The Kier molecular flexibility index (Phi) is 8.90. The van der Waals surface area contributed by atoms with Gasteiger partial charge in [-0.3, -0.25) is 29.4 Å². The maximum absolute atomic E-state index is 13.0. The molecular weight excluding hydrogens is 614 g/mol. The minimum absolute atomic E-state index is 0.139. The van der Waals surface area contributed by atoms with Crippen molar-refractivity contribution in [3.63, 3.8) is 0 Å². The van der Waals surface area contributed by atoms with Gasteiger partial charge in [-0.05, 0) is 63.6 Å². The van der Waals surface area contributed by atoms with Crippen LogP contribution in [0.1, 0.15) is 11.1 Å². The summed E-state index contributed by atoms with van der Waals surface area (Å²) in [7, 11) is 1.42. The highest BCUT2D eigenvalue weighted by Gasteiger charge is 2.36. The summed E-state index contributed by atoms with van der Waals surface area (Å²) >= 11 is 10.2. The summed E-state index contributed by atoms with van der Waals surface area (Å²) in [6, 6.07) is 15.9. The molecule has 4 rings (SSSR count). The number of carbonyl (C=O) groups is 3. The molecule has 1 fully saturated rings. The van der Waals surface area contributed by atoms with Gasteiger partial charge in [0.05, 0.1) is 38.7 Å². The van der Waals surface area contributed by atoms with Crippen molar-refractivity contribution in [2.75, 3.05) is 19.0 Å². The molecule has 1 aliphatic rings. The summed E-state index contributed by atoms with van der Waals surface area (Å²) in [6.45, 7) is -0.556. The predicted octanol–water partition coefficient (Wildman–Crippen LogP) is 6.27. The molecule has 0 bridgehead atoms. The summed E-state index contributed by atoms with van der Waals surface area (Å²) < 4.78 is 11.5. The number of hydrogen-bond acceptors (Lipinski definition) is 8. The van der Waals surface area contributed by atoms with Crippen molar-refractivity contribution in [1.82, 2.24) is 4.90 Å². The standard InChI is InChI=1S/C26H19BrClN3O7S/c1-37-21-11-15(10-17(27)24(21)38-14-23(32)29-19-8-4-3-7-18(19)28)12-22-25(33)30(26(34)39-22)13-16-6-2-5-9-20(16)31(35)36/h2-12H,13-14H2,1H3,(H,29,32)/b22-12-. The summed E-state index contributed by atoms with van der Waals surface area (Å²) in [5.41, 5.74) is 1.04. The predicted molar refractivity (Wildman–Crippen MR) is 151 cm³/mol. The molecule has 0 saturated carbocycles. The van der Waals surface area contributed by atoms with Crippen LogP contribution in [0.25, 0.3) is 6.08 Å². The average Bonchev–Trinajstić information content (AvgIpc) is 3.16. The van der Waals surface area contributed by atoms with Crippen molar-refractivity contribution in [2.45, 2.75) is 6.54 Å². The second-order valence-corrected chi connectivity index (χ2v) is 10.3. The molecule has 1 aliphatic heterocycles. The van der Waals surface area contributed by atoms with Gasteiger partial charge in [0.1, 0.15) is 0 Å². The third-order valence-corrected chi connectivity index (χ3v) is 7.26. The minimum atomic E-state index is -0.574. The fourth-order valence-electron chi connectivity index (χ4n) is 3.63. The van der Waals surface area contributed by atoms with E-state index in [1.165, 1.54) is 31.4 Å². The highest BCUT2D eigenvalue weighted by molar-refractivity contribution is 9.10. The topological polar surface area (TPSA) is 128 Å². The van der Waals surface area contributed by atoms with Crippen LogP contribution >= 0.6 is 39.3 Å². The highest BCUT2D eigenvalue weighted by Crippen LogP contribution is 2.39. The van der Waals surface area contributed by atoms with Gasteiger partial charge < -0.3 is 14.8 Å². The number of nitrogens with zero attached hydrogens (tertiary/aromatic N) is 2. The Bertz CT molecular complexity index is 1510. The molecule has 39 heavy (non-hydrogen) atoms. The molecule has 0 aliphatic carbocycles. The number of nitrogens with one attached hydrogen (secondary N) is 1. The first-order chi connectivity index (χ1) is 18.7. The number of amides is 3. The van der Waals surface area contributed by atoms with Crippen molar-refractivity contribution in [3.8, 4) is 11.5 Å². The molecule has 0 aromatic heterocycles. The van der Waals surface area contributed by atoms with Crippen LogP contribution in [-0.2, 0) is 16.1 Å². The Hall–Kier alpha value is -3.87. The number of methoxy groups -OCH3 is 1. The Morgan fingerprint density at radius 1 is 1.18 bits per heavy atom. The second kappa shape index (κ2) is 12.3. The molecule has 0 spiro atoms. The molecule has 1 N–H and O–H groups in total. The van der Waals surface area contributed by atoms with Crippen molar-refractivity contribution in [1.29, 1.82) is 0 Å². The van der Waals surface area contributed by atoms with Gasteiger partial charge in [-0.15, -0.1) is 0 Å². The molecule has 3 aromatic carbocycles. The molecule has 0 radical (unpaired) electrons. The van der Waals surface area contributed by atoms with Gasteiger partial charge in [0.2, 0.25) is 0 Å². The normalized spacial score (nSPS) is 14.0. The van der Waals surface area contributed by atoms with Crippen LogP contribution < -0.4 is 14.8 Å². The first kappa shape index (κ1) is 28.1. The number of thioether (sulfide) groups is 1. The zero-order valence-electron chi connectivity index (χ0n) is 20.2. The van der Waals surface area contributed by atoms with Crippen LogP contribution in [0.3, 0.4) is 0 Å². The number of anilines is 1. The fourth-order valence-corrected chi connectivity index (χ4v) is 5.23. The van der Waals surface area contributed by atoms with Crippen LogP contribution in [0.15, 0.2) is 70.0 Å². The van der Waals surface area contributed by atoms with E-state index in [9.17, 15) is 24.5 Å². The number of benzene rings is 3. The summed E-state index contributed by atoms with van der Waals surface area (Å²) in [6.07, 6.45) is 1.51. The summed E-state index contributed by atoms with van der Waals surface area (Å²) in [5.74, 6) is -0.475. The number of imide groups is 1. The molecule has 200 valence electrons. The minimum Gasteiger partial charge on any atom is -0.493 e. The molecular formula is C26H19BrClN3O7S. The Morgan fingerprint density at radius 3 is 2.62 bits per heavy atom. The van der Waals surface area contributed by atoms with E-state index in [4.69, 9.17) is 21.1 Å². The average molecular weight is 633 g/mol. The number of nitro groups is 1. The van der Waals surface area contributed by atoms with Gasteiger partial charge in [0, 0.05) is 11.6 Å². The number of hydrogen-bond donors (Lipinski definition) is 1. The molecule has 10 nitrogen and oxygen atoms in total. The largest absolute Gasteiger partial charge is 0.493 e. The first-order valence-electron chi connectivity index (χ1n) is 11.2. The third kappa shape index (κ3) is 6.59. The summed E-state index contributed by atoms with van der Waals surface area (Å²) in [4.78, 5) is 49.8. The lowest BCUT2D eigenvalue weighted by molar-refractivity contribution is -0.385. The fraction of sp³-hybridized carbons (Fsp3) is 0.115.